The summed E-state index contributed by atoms with van der Waals surface area (Å²) in [6.45, 7) is 1.23. The zero-order valence-electron chi connectivity index (χ0n) is 17.9. The lowest BCUT2D eigenvalue weighted by Crippen LogP contribution is -2.19. The fourth-order valence-electron chi connectivity index (χ4n) is 3.74. The van der Waals surface area contributed by atoms with Crippen LogP contribution in [0, 0.1) is 0 Å². The van der Waals surface area contributed by atoms with E-state index < -0.39 is 22.8 Å². The number of hydrogen-bond donors (Lipinski definition) is 3. The van der Waals surface area contributed by atoms with Crippen LogP contribution in [0.4, 0.5) is 40.8 Å². The minimum absolute atomic E-state index is 0.0326. The molecule has 3 N–H and O–H groups in total. The Morgan fingerprint density at radius 2 is 1.74 bits per heavy atom. The Morgan fingerprint density at radius 1 is 1.03 bits per heavy atom. The molecule has 4 aromatic rings. The number of carbonyl (C=O) groups excluding carboxylic acids is 1. The number of benzene rings is 2. The molecule has 5 rings (SSSR count). The molecular formula is C23H17ClF3N5O2S. The predicted molar refractivity (Wildman–Crippen MR) is 130 cm³/mol. The number of amides is 2. The van der Waals surface area contributed by atoms with E-state index in [-0.39, 0.29) is 5.69 Å². The van der Waals surface area contributed by atoms with E-state index in [0.29, 0.717) is 24.7 Å². The molecule has 2 aromatic carbocycles. The maximum atomic E-state index is 13.0. The van der Waals surface area contributed by atoms with Crippen LogP contribution in [-0.4, -0.2) is 22.6 Å². The number of hydrogen-bond acceptors (Lipinski definition) is 6. The number of ether oxygens (including phenoxy) is 1. The van der Waals surface area contributed by atoms with Gasteiger partial charge in [-0.05, 0) is 54.4 Å². The molecule has 2 aromatic heterocycles. The second-order valence-electron chi connectivity index (χ2n) is 7.68. The topological polar surface area (TPSA) is 88.2 Å². The summed E-state index contributed by atoms with van der Waals surface area (Å²) in [6, 6.07) is 9.33. The molecule has 3 heterocycles. The average Bonchev–Trinajstić information content (AvgIpc) is 3.20. The van der Waals surface area contributed by atoms with E-state index in [4.69, 9.17) is 16.3 Å². The smallest absolute Gasteiger partial charge is 0.376 e. The molecule has 0 aliphatic carbocycles. The Balaban J connectivity index is 1.27. The van der Waals surface area contributed by atoms with Crippen molar-refractivity contribution in [3.8, 4) is 0 Å². The van der Waals surface area contributed by atoms with Crippen LogP contribution in [-0.2, 0) is 23.9 Å². The van der Waals surface area contributed by atoms with Gasteiger partial charge in [0.15, 0.2) is 0 Å². The molecule has 2 amide bonds. The predicted octanol–water partition coefficient (Wildman–Crippen LogP) is 6.82. The first-order valence-electron chi connectivity index (χ1n) is 10.4. The molecule has 180 valence electrons. The van der Waals surface area contributed by atoms with Gasteiger partial charge in [-0.25, -0.2) is 14.8 Å². The number of carbonyl (C=O) groups is 1. The third-order valence-electron chi connectivity index (χ3n) is 5.34. The lowest BCUT2D eigenvalue weighted by molar-refractivity contribution is -0.137. The van der Waals surface area contributed by atoms with Crippen molar-refractivity contribution in [2.24, 2.45) is 0 Å². The maximum absolute atomic E-state index is 13.0. The molecule has 0 unspecified atom stereocenters. The van der Waals surface area contributed by atoms with Gasteiger partial charge < -0.3 is 20.7 Å². The molecule has 0 spiro atoms. The fourth-order valence-corrected chi connectivity index (χ4v) is 5.09. The van der Waals surface area contributed by atoms with Gasteiger partial charge in [-0.3, -0.25) is 0 Å². The molecule has 0 radical (unpaired) electrons. The first-order valence-corrected chi connectivity index (χ1v) is 11.6. The number of alkyl halides is 3. The molecule has 0 atom stereocenters. The van der Waals surface area contributed by atoms with Crippen molar-refractivity contribution < 1.29 is 22.7 Å². The summed E-state index contributed by atoms with van der Waals surface area (Å²) in [6.07, 6.45) is -2.32. The largest absolute Gasteiger partial charge is 0.417 e. The van der Waals surface area contributed by atoms with Crippen molar-refractivity contribution in [2.45, 2.75) is 19.2 Å². The lowest BCUT2D eigenvalue weighted by atomic mass is 10.1. The Morgan fingerprint density at radius 3 is 2.51 bits per heavy atom. The van der Waals surface area contributed by atoms with E-state index in [2.05, 4.69) is 25.9 Å². The quantitative estimate of drug-likeness (QED) is 0.275. The van der Waals surface area contributed by atoms with E-state index in [1.165, 1.54) is 18.0 Å². The van der Waals surface area contributed by atoms with Crippen molar-refractivity contribution in [2.75, 3.05) is 22.6 Å². The van der Waals surface area contributed by atoms with E-state index in [1.54, 1.807) is 35.6 Å². The van der Waals surface area contributed by atoms with Crippen LogP contribution in [0.3, 0.4) is 0 Å². The maximum Gasteiger partial charge on any atom is 0.417 e. The SMILES string of the molecule is O=C(Nc1ccc(Nc2ncnc3sc4c(c23)CCOC4)cc1)Nc1ccc(Cl)c(C(F)(F)F)c1. The molecule has 7 nitrogen and oxygen atoms in total. The molecule has 12 heteroatoms. The molecular weight excluding hydrogens is 503 g/mol. The number of aromatic nitrogens is 2. The third kappa shape index (κ3) is 5.02. The van der Waals surface area contributed by atoms with Crippen LogP contribution in [0.25, 0.3) is 10.2 Å². The summed E-state index contributed by atoms with van der Waals surface area (Å²) >= 11 is 7.21. The lowest BCUT2D eigenvalue weighted by Gasteiger charge is -2.14. The first kappa shape index (κ1) is 23.3. The number of urea groups is 1. The molecule has 0 saturated carbocycles. The number of thiophene rings is 1. The van der Waals surface area contributed by atoms with Gasteiger partial charge >= 0.3 is 12.2 Å². The summed E-state index contributed by atoms with van der Waals surface area (Å²) < 4.78 is 44.6. The Hall–Kier alpha value is -3.41. The number of anilines is 4. The highest BCUT2D eigenvalue weighted by Gasteiger charge is 2.33. The number of halogens is 4. The second kappa shape index (κ2) is 9.33. The van der Waals surface area contributed by atoms with Gasteiger partial charge in [-0.15, -0.1) is 11.3 Å². The van der Waals surface area contributed by atoms with Crippen molar-refractivity contribution in [1.29, 1.82) is 0 Å². The molecule has 0 bridgehead atoms. The normalized spacial score (nSPS) is 13.4. The van der Waals surface area contributed by atoms with Crippen LogP contribution >= 0.6 is 22.9 Å². The van der Waals surface area contributed by atoms with Crippen LogP contribution in [0.15, 0.2) is 48.8 Å². The molecule has 0 saturated heterocycles. The summed E-state index contributed by atoms with van der Waals surface area (Å²) in [5.74, 6) is 0.691. The van der Waals surface area contributed by atoms with Crippen LogP contribution < -0.4 is 16.0 Å². The van der Waals surface area contributed by atoms with E-state index >= 15 is 0 Å². The van der Waals surface area contributed by atoms with Gasteiger partial charge in [0.2, 0.25) is 0 Å². The average molecular weight is 520 g/mol. The van der Waals surface area contributed by atoms with Crippen LogP contribution in [0.2, 0.25) is 5.02 Å². The third-order valence-corrected chi connectivity index (χ3v) is 6.78. The monoisotopic (exact) mass is 519 g/mol. The van der Waals surface area contributed by atoms with E-state index in [1.807, 2.05) is 0 Å². The number of nitrogens with one attached hydrogen (secondary N) is 3. The summed E-state index contributed by atoms with van der Waals surface area (Å²) in [4.78, 5) is 23.1. The second-order valence-corrected chi connectivity index (χ2v) is 9.17. The van der Waals surface area contributed by atoms with Crippen molar-refractivity contribution in [3.63, 3.8) is 0 Å². The van der Waals surface area contributed by atoms with Gasteiger partial charge in [0.1, 0.15) is 17.0 Å². The van der Waals surface area contributed by atoms with Gasteiger partial charge in [0.25, 0.3) is 0 Å². The number of rotatable bonds is 4. The van der Waals surface area contributed by atoms with Crippen molar-refractivity contribution in [1.82, 2.24) is 9.97 Å². The molecule has 0 fully saturated rings. The van der Waals surface area contributed by atoms with Gasteiger partial charge in [0.05, 0.1) is 29.2 Å². The molecule has 1 aliphatic rings. The molecule has 35 heavy (non-hydrogen) atoms. The van der Waals surface area contributed by atoms with Gasteiger partial charge in [-0.1, -0.05) is 11.6 Å². The number of nitrogens with zero attached hydrogens (tertiary/aromatic N) is 2. The standard InChI is InChI=1S/C23H17ClF3N5O2S/c24-17-6-5-14(9-16(17)23(25,26)27)32-22(33)31-13-3-1-12(2-4-13)30-20-19-15-7-8-34-10-18(15)35-21(19)29-11-28-20/h1-6,9,11H,7-8,10H2,(H,28,29,30)(H2,31,32,33). The highest BCUT2D eigenvalue weighted by molar-refractivity contribution is 7.18. The minimum atomic E-state index is -4.63. The van der Waals surface area contributed by atoms with Crippen LogP contribution in [0.5, 0.6) is 0 Å². The Bertz CT molecular complexity index is 1410. The summed E-state index contributed by atoms with van der Waals surface area (Å²) in [5, 5.41) is 8.81. The van der Waals surface area contributed by atoms with Crippen molar-refractivity contribution in [3.05, 3.63) is 69.8 Å². The first-order chi connectivity index (χ1) is 16.8. The summed E-state index contributed by atoms with van der Waals surface area (Å²) in [7, 11) is 0. The van der Waals surface area contributed by atoms with Gasteiger partial charge in [-0.2, -0.15) is 13.2 Å². The zero-order valence-corrected chi connectivity index (χ0v) is 19.4. The zero-order chi connectivity index (χ0) is 24.6. The molecule has 1 aliphatic heterocycles. The Kier molecular flexibility index (Phi) is 6.22. The minimum Gasteiger partial charge on any atom is -0.376 e. The van der Waals surface area contributed by atoms with Crippen LogP contribution in [0.1, 0.15) is 16.0 Å². The summed E-state index contributed by atoms with van der Waals surface area (Å²) in [5.41, 5.74) is 1.34. The van der Waals surface area contributed by atoms with E-state index in [0.717, 1.165) is 39.3 Å². The Labute approximate surface area is 206 Å². The van der Waals surface area contributed by atoms with E-state index in [9.17, 15) is 18.0 Å². The number of fused-ring (bicyclic) bond motifs is 3. The van der Waals surface area contributed by atoms with Gasteiger partial charge in [0, 0.05) is 21.9 Å². The fraction of sp³-hybridized carbons (Fsp3) is 0.174. The highest BCUT2D eigenvalue weighted by atomic mass is 35.5. The van der Waals surface area contributed by atoms with Crippen molar-refractivity contribution >= 4 is 62.1 Å². The highest BCUT2D eigenvalue weighted by Crippen LogP contribution is 2.38.